The average molecular weight is 478 g/mol. The number of urea groups is 1. The summed E-state index contributed by atoms with van der Waals surface area (Å²) in [7, 11) is 0. The van der Waals surface area contributed by atoms with Gasteiger partial charge in [-0.1, -0.05) is 28.1 Å². The van der Waals surface area contributed by atoms with Crippen LogP contribution in [0.3, 0.4) is 0 Å². The molecule has 0 spiro atoms. The largest absolute Gasteiger partial charge is 0.494 e. The lowest BCUT2D eigenvalue weighted by Gasteiger charge is -2.09. The lowest BCUT2D eigenvalue weighted by molar-refractivity contribution is 0.262. The van der Waals surface area contributed by atoms with Gasteiger partial charge in [0.2, 0.25) is 5.89 Å². The zero-order valence-electron chi connectivity index (χ0n) is 16.8. The Labute approximate surface area is 188 Å². The molecule has 6 nitrogen and oxygen atoms in total. The Balaban J connectivity index is 1.38. The van der Waals surface area contributed by atoms with E-state index in [2.05, 4.69) is 31.5 Å². The van der Waals surface area contributed by atoms with Gasteiger partial charge in [-0.05, 0) is 67.6 Å². The maximum atomic E-state index is 12.2. The Hall–Kier alpha value is -3.58. The minimum Gasteiger partial charge on any atom is -0.494 e. The summed E-state index contributed by atoms with van der Waals surface area (Å²) in [6.45, 7) is 2.52. The van der Waals surface area contributed by atoms with E-state index >= 15 is 0 Å². The van der Waals surface area contributed by atoms with E-state index in [-0.39, 0.29) is 6.03 Å². The number of carbonyl (C=O) groups excluding carboxylic acids is 1. The molecular formula is C24H20BrN3O3. The van der Waals surface area contributed by atoms with E-state index in [1.807, 2.05) is 55.5 Å². The van der Waals surface area contributed by atoms with Crippen LogP contribution < -0.4 is 15.4 Å². The number of nitrogens with one attached hydrogen (secondary N) is 2. The Kier molecular flexibility index (Phi) is 6.33. The van der Waals surface area contributed by atoms with Gasteiger partial charge in [-0.3, -0.25) is 0 Å². The Morgan fingerprint density at radius 3 is 2.29 bits per heavy atom. The molecule has 4 rings (SSSR count). The monoisotopic (exact) mass is 477 g/mol. The van der Waals surface area contributed by atoms with Crippen LogP contribution >= 0.6 is 15.9 Å². The van der Waals surface area contributed by atoms with Crippen LogP contribution in [0.5, 0.6) is 5.75 Å². The predicted molar refractivity (Wildman–Crippen MR) is 125 cm³/mol. The second-order valence-corrected chi connectivity index (χ2v) is 7.58. The normalized spacial score (nSPS) is 10.5. The number of hydrogen-bond acceptors (Lipinski definition) is 4. The molecule has 0 saturated heterocycles. The van der Waals surface area contributed by atoms with Crippen LogP contribution in [0, 0.1) is 0 Å². The van der Waals surface area contributed by atoms with E-state index in [1.165, 1.54) is 0 Å². The Bertz CT molecular complexity index is 1170. The number of benzene rings is 3. The molecular weight excluding hydrogens is 458 g/mol. The maximum Gasteiger partial charge on any atom is 0.323 e. The van der Waals surface area contributed by atoms with Crippen molar-refractivity contribution in [1.29, 1.82) is 0 Å². The molecule has 2 amide bonds. The van der Waals surface area contributed by atoms with Gasteiger partial charge in [-0.2, -0.15) is 0 Å². The lowest BCUT2D eigenvalue weighted by atomic mass is 10.2. The van der Waals surface area contributed by atoms with Crippen molar-refractivity contribution >= 4 is 33.3 Å². The van der Waals surface area contributed by atoms with Crippen LogP contribution in [0.1, 0.15) is 6.92 Å². The number of carbonyl (C=O) groups is 1. The van der Waals surface area contributed by atoms with Crippen molar-refractivity contribution < 1.29 is 13.9 Å². The van der Waals surface area contributed by atoms with Crippen LogP contribution in [-0.2, 0) is 0 Å². The molecule has 1 aromatic heterocycles. The van der Waals surface area contributed by atoms with Crippen LogP contribution in [0.2, 0.25) is 0 Å². The second-order valence-electron chi connectivity index (χ2n) is 6.66. The molecule has 0 fully saturated rings. The highest BCUT2D eigenvalue weighted by Gasteiger charge is 2.10. The molecule has 0 aliphatic rings. The zero-order chi connectivity index (χ0) is 21.6. The molecule has 156 valence electrons. The van der Waals surface area contributed by atoms with Gasteiger partial charge >= 0.3 is 6.03 Å². The summed E-state index contributed by atoms with van der Waals surface area (Å²) < 4.78 is 12.0. The summed E-state index contributed by atoms with van der Waals surface area (Å²) in [5.74, 6) is 1.28. The fourth-order valence-electron chi connectivity index (χ4n) is 2.98. The molecule has 2 N–H and O–H groups in total. The standard InChI is InChI=1S/C24H20BrN3O3/c1-2-30-21-12-10-20(11-13-21)27-24(29)26-19-8-6-16(7-9-19)23-28-22(15-31-23)17-4-3-5-18(25)14-17/h3-15H,2H2,1H3,(H2,26,27,29). The van der Waals surface area contributed by atoms with Crippen molar-refractivity contribution in [3.05, 3.63) is 83.5 Å². The molecule has 0 aliphatic heterocycles. The molecule has 0 atom stereocenters. The smallest absolute Gasteiger partial charge is 0.323 e. The third kappa shape index (κ3) is 5.32. The van der Waals surface area contributed by atoms with E-state index in [4.69, 9.17) is 9.15 Å². The zero-order valence-corrected chi connectivity index (χ0v) is 18.3. The third-order valence-corrected chi connectivity index (χ3v) is 4.93. The predicted octanol–water partition coefficient (Wildman–Crippen LogP) is 6.81. The van der Waals surface area contributed by atoms with E-state index < -0.39 is 0 Å². The van der Waals surface area contributed by atoms with E-state index in [0.29, 0.717) is 23.9 Å². The second kappa shape index (κ2) is 9.49. The number of halogens is 1. The van der Waals surface area contributed by atoms with Crippen LogP contribution in [0.4, 0.5) is 16.2 Å². The van der Waals surface area contributed by atoms with Gasteiger partial charge in [0.15, 0.2) is 0 Å². The summed E-state index contributed by atoms with van der Waals surface area (Å²) in [6.07, 6.45) is 1.63. The molecule has 4 aromatic rings. The van der Waals surface area contributed by atoms with Gasteiger partial charge < -0.3 is 19.8 Å². The highest BCUT2D eigenvalue weighted by molar-refractivity contribution is 9.10. The first-order chi connectivity index (χ1) is 15.1. The minimum atomic E-state index is -0.329. The van der Waals surface area contributed by atoms with Crippen LogP contribution in [0.15, 0.2) is 87.9 Å². The van der Waals surface area contributed by atoms with Crippen molar-refractivity contribution in [2.75, 3.05) is 17.2 Å². The number of oxazole rings is 1. The van der Waals surface area contributed by atoms with Gasteiger partial charge in [-0.25, -0.2) is 9.78 Å². The summed E-state index contributed by atoms with van der Waals surface area (Å²) in [4.78, 5) is 16.8. The van der Waals surface area contributed by atoms with Crippen molar-refractivity contribution in [2.24, 2.45) is 0 Å². The summed E-state index contributed by atoms with van der Waals surface area (Å²) in [6, 6.07) is 22.1. The van der Waals surface area contributed by atoms with Crippen LogP contribution in [0.25, 0.3) is 22.7 Å². The summed E-state index contributed by atoms with van der Waals surface area (Å²) >= 11 is 3.47. The third-order valence-electron chi connectivity index (χ3n) is 4.44. The number of aromatic nitrogens is 1. The summed E-state index contributed by atoms with van der Waals surface area (Å²) in [5, 5.41) is 5.60. The number of amides is 2. The molecule has 0 radical (unpaired) electrons. The van der Waals surface area contributed by atoms with Crippen molar-refractivity contribution in [1.82, 2.24) is 4.98 Å². The number of hydrogen-bond donors (Lipinski definition) is 2. The molecule has 0 saturated carbocycles. The van der Waals surface area contributed by atoms with Crippen molar-refractivity contribution in [3.63, 3.8) is 0 Å². The van der Waals surface area contributed by atoms with E-state index in [1.54, 1.807) is 30.5 Å². The first kappa shape index (κ1) is 20.7. The topological polar surface area (TPSA) is 76.4 Å². The van der Waals surface area contributed by atoms with Gasteiger partial charge in [0.05, 0.1) is 6.61 Å². The van der Waals surface area contributed by atoms with Gasteiger partial charge in [0.1, 0.15) is 17.7 Å². The molecule has 1 heterocycles. The number of nitrogens with zero attached hydrogens (tertiary/aromatic N) is 1. The number of rotatable bonds is 6. The van der Waals surface area contributed by atoms with E-state index in [9.17, 15) is 4.79 Å². The highest BCUT2D eigenvalue weighted by Crippen LogP contribution is 2.27. The van der Waals surface area contributed by atoms with Gasteiger partial charge in [0.25, 0.3) is 0 Å². The lowest BCUT2D eigenvalue weighted by Crippen LogP contribution is -2.19. The quantitative estimate of drug-likeness (QED) is 0.319. The minimum absolute atomic E-state index is 0.329. The van der Waals surface area contributed by atoms with Gasteiger partial charge in [0, 0.05) is 27.0 Å². The molecule has 0 aliphatic carbocycles. The highest BCUT2D eigenvalue weighted by atomic mass is 79.9. The fraction of sp³-hybridized carbons (Fsp3) is 0.0833. The van der Waals surface area contributed by atoms with Crippen molar-refractivity contribution in [3.8, 4) is 28.5 Å². The van der Waals surface area contributed by atoms with Crippen LogP contribution in [-0.4, -0.2) is 17.6 Å². The number of anilines is 2. The maximum absolute atomic E-state index is 12.2. The molecule has 0 unspecified atom stereocenters. The SMILES string of the molecule is CCOc1ccc(NC(=O)Nc2ccc(-c3nc(-c4cccc(Br)c4)co3)cc2)cc1. The summed E-state index contributed by atoms with van der Waals surface area (Å²) in [5.41, 5.74) is 3.88. The Morgan fingerprint density at radius 2 is 1.65 bits per heavy atom. The van der Waals surface area contributed by atoms with E-state index in [0.717, 1.165) is 27.0 Å². The molecule has 0 bridgehead atoms. The fourth-order valence-corrected chi connectivity index (χ4v) is 3.38. The Morgan fingerprint density at radius 1 is 0.968 bits per heavy atom. The first-order valence-electron chi connectivity index (χ1n) is 9.73. The van der Waals surface area contributed by atoms with Gasteiger partial charge in [-0.15, -0.1) is 0 Å². The molecule has 3 aromatic carbocycles. The molecule has 7 heteroatoms. The van der Waals surface area contributed by atoms with Crippen molar-refractivity contribution in [2.45, 2.75) is 6.92 Å². The number of ether oxygens (including phenoxy) is 1. The average Bonchev–Trinajstić information content (AvgIpc) is 3.26. The first-order valence-corrected chi connectivity index (χ1v) is 10.5. The molecule has 31 heavy (non-hydrogen) atoms.